The molecule has 88 valence electrons. The summed E-state index contributed by atoms with van der Waals surface area (Å²) in [6, 6.07) is 1.73. The quantitative estimate of drug-likeness (QED) is 0.747. The van der Waals surface area contributed by atoms with Crippen LogP contribution in [0.3, 0.4) is 0 Å². The molecule has 0 saturated carbocycles. The predicted molar refractivity (Wildman–Crippen MR) is 53.3 cm³/mol. The number of ketones is 1. The highest BCUT2D eigenvalue weighted by molar-refractivity contribution is 5.95. The summed E-state index contributed by atoms with van der Waals surface area (Å²) in [5.41, 5.74) is 1.63. The molecule has 0 spiro atoms. The van der Waals surface area contributed by atoms with E-state index in [-0.39, 0.29) is 5.69 Å². The van der Waals surface area contributed by atoms with E-state index in [9.17, 15) is 18.0 Å². The normalized spacial score (nSPS) is 11.6. The second-order valence-corrected chi connectivity index (χ2v) is 3.72. The minimum absolute atomic E-state index is 0.134. The lowest BCUT2D eigenvalue weighted by Crippen LogP contribution is -2.12. The van der Waals surface area contributed by atoms with Gasteiger partial charge in [-0.15, -0.1) is 0 Å². The van der Waals surface area contributed by atoms with Crippen LogP contribution in [0.2, 0.25) is 0 Å². The van der Waals surface area contributed by atoms with E-state index in [0.717, 1.165) is 5.56 Å². The van der Waals surface area contributed by atoms with Crippen molar-refractivity contribution in [2.75, 3.05) is 0 Å². The third-order valence-corrected chi connectivity index (χ3v) is 2.11. The van der Waals surface area contributed by atoms with E-state index in [4.69, 9.17) is 0 Å². The topological polar surface area (TPSA) is 30.0 Å². The van der Waals surface area contributed by atoms with Gasteiger partial charge in [0, 0.05) is 12.6 Å². The van der Waals surface area contributed by atoms with Gasteiger partial charge in [-0.2, -0.15) is 13.2 Å². The second-order valence-electron chi connectivity index (χ2n) is 3.72. The number of rotatable bonds is 3. The van der Waals surface area contributed by atoms with Crippen LogP contribution in [0.1, 0.15) is 34.5 Å². The van der Waals surface area contributed by atoms with E-state index >= 15 is 0 Å². The SMILES string of the molecule is Cc1cnc(C(=O)CCC(F)(F)F)c(C)c1. The van der Waals surface area contributed by atoms with Crippen LogP contribution in [0.15, 0.2) is 12.3 Å². The average molecular weight is 231 g/mol. The Morgan fingerprint density at radius 2 is 2.00 bits per heavy atom. The van der Waals surface area contributed by atoms with Crippen molar-refractivity contribution in [3.05, 3.63) is 29.1 Å². The summed E-state index contributed by atoms with van der Waals surface area (Å²) in [7, 11) is 0. The molecule has 0 aliphatic heterocycles. The van der Waals surface area contributed by atoms with E-state index in [1.165, 1.54) is 6.20 Å². The third-order valence-electron chi connectivity index (χ3n) is 2.11. The van der Waals surface area contributed by atoms with Gasteiger partial charge in [0.2, 0.25) is 0 Å². The molecule has 0 atom stereocenters. The molecule has 0 fully saturated rings. The lowest BCUT2D eigenvalue weighted by atomic mass is 10.1. The minimum Gasteiger partial charge on any atom is -0.292 e. The van der Waals surface area contributed by atoms with Crippen molar-refractivity contribution in [3.8, 4) is 0 Å². The molecule has 0 saturated heterocycles. The van der Waals surface area contributed by atoms with Crippen LogP contribution < -0.4 is 0 Å². The number of carbonyl (C=O) groups excluding carboxylic acids is 1. The number of pyridine rings is 1. The van der Waals surface area contributed by atoms with Crippen LogP contribution >= 0.6 is 0 Å². The van der Waals surface area contributed by atoms with Crippen LogP contribution in [-0.2, 0) is 0 Å². The van der Waals surface area contributed by atoms with Crippen LogP contribution in [0, 0.1) is 13.8 Å². The summed E-state index contributed by atoms with van der Waals surface area (Å²) in [4.78, 5) is 15.3. The van der Waals surface area contributed by atoms with Gasteiger partial charge >= 0.3 is 6.18 Å². The lowest BCUT2D eigenvalue weighted by molar-refractivity contribution is -0.133. The van der Waals surface area contributed by atoms with Gasteiger partial charge in [0.25, 0.3) is 0 Å². The number of aryl methyl sites for hydroxylation is 2. The van der Waals surface area contributed by atoms with Crippen molar-refractivity contribution in [2.24, 2.45) is 0 Å². The van der Waals surface area contributed by atoms with E-state index in [2.05, 4.69) is 4.98 Å². The molecule has 16 heavy (non-hydrogen) atoms. The Kier molecular flexibility index (Phi) is 3.67. The summed E-state index contributed by atoms with van der Waals surface area (Å²) in [6.45, 7) is 3.48. The highest BCUT2D eigenvalue weighted by atomic mass is 19.4. The molecule has 5 heteroatoms. The Hall–Kier alpha value is -1.39. The largest absolute Gasteiger partial charge is 0.389 e. The second kappa shape index (κ2) is 4.63. The third kappa shape index (κ3) is 3.64. The fourth-order valence-electron chi connectivity index (χ4n) is 1.38. The van der Waals surface area contributed by atoms with E-state index in [1.807, 2.05) is 6.92 Å². The molecule has 0 aliphatic rings. The molecule has 0 radical (unpaired) electrons. The Balaban J connectivity index is 2.74. The number of Topliss-reactive ketones (excluding diaryl/α,β-unsaturated/α-hetero) is 1. The summed E-state index contributed by atoms with van der Waals surface area (Å²) >= 11 is 0. The van der Waals surface area contributed by atoms with Gasteiger partial charge in [-0.3, -0.25) is 9.78 Å². The monoisotopic (exact) mass is 231 g/mol. The Bertz CT molecular complexity index is 399. The minimum atomic E-state index is -4.30. The summed E-state index contributed by atoms with van der Waals surface area (Å²) in [5, 5.41) is 0. The van der Waals surface area contributed by atoms with Crippen molar-refractivity contribution in [1.29, 1.82) is 0 Å². The summed E-state index contributed by atoms with van der Waals surface area (Å²) < 4.78 is 35.8. The number of carbonyl (C=O) groups is 1. The maximum Gasteiger partial charge on any atom is 0.389 e. The molecule has 0 N–H and O–H groups in total. The average Bonchev–Trinajstić information content (AvgIpc) is 2.13. The fraction of sp³-hybridized carbons (Fsp3) is 0.455. The maximum atomic E-state index is 11.9. The Morgan fingerprint density at radius 3 is 2.50 bits per heavy atom. The molecule has 1 heterocycles. The zero-order valence-electron chi connectivity index (χ0n) is 9.06. The molecule has 0 amide bonds. The molecule has 0 bridgehead atoms. The number of halogens is 3. The highest BCUT2D eigenvalue weighted by Crippen LogP contribution is 2.22. The van der Waals surface area contributed by atoms with Gasteiger partial charge in [0.05, 0.1) is 6.42 Å². The first-order valence-electron chi connectivity index (χ1n) is 4.83. The number of aromatic nitrogens is 1. The predicted octanol–water partition coefficient (Wildman–Crippen LogP) is 3.22. The van der Waals surface area contributed by atoms with Crippen LogP contribution in [0.25, 0.3) is 0 Å². The van der Waals surface area contributed by atoms with Crippen LogP contribution in [-0.4, -0.2) is 16.9 Å². The van der Waals surface area contributed by atoms with Gasteiger partial charge in [-0.1, -0.05) is 6.07 Å². The zero-order chi connectivity index (χ0) is 12.3. The number of hydrogen-bond acceptors (Lipinski definition) is 2. The first-order chi connectivity index (χ1) is 7.29. The van der Waals surface area contributed by atoms with Crippen molar-refractivity contribution in [3.63, 3.8) is 0 Å². The first-order valence-corrected chi connectivity index (χ1v) is 4.83. The molecule has 0 aromatic carbocycles. The van der Waals surface area contributed by atoms with Crippen molar-refractivity contribution in [1.82, 2.24) is 4.98 Å². The van der Waals surface area contributed by atoms with Gasteiger partial charge < -0.3 is 0 Å². The molecule has 2 nitrogen and oxygen atoms in total. The summed E-state index contributed by atoms with van der Waals surface area (Å²) in [6.07, 6.45) is -4.46. The molecule has 1 rings (SSSR count). The van der Waals surface area contributed by atoms with Crippen molar-refractivity contribution in [2.45, 2.75) is 32.9 Å². The maximum absolute atomic E-state index is 11.9. The fourth-order valence-corrected chi connectivity index (χ4v) is 1.38. The van der Waals surface area contributed by atoms with Gasteiger partial charge in [-0.05, 0) is 25.0 Å². The molecular weight excluding hydrogens is 219 g/mol. The molecule has 0 unspecified atom stereocenters. The standard InChI is InChI=1S/C11H12F3NO/c1-7-5-8(2)10(15-6-7)9(16)3-4-11(12,13)14/h5-6H,3-4H2,1-2H3. The number of nitrogens with zero attached hydrogens (tertiary/aromatic N) is 1. The van der Waals surface area contributed by atoms with Gasteiger partial charge in [0.1, 0.15) is 5.69 Å². The Labute approximate surface area is 91.5 Å². The number of alkyl halides is 3. The lowest BCUT2D eigenvalue weighted by Gasteiger charge is -2.07. The van der Waals surface area contributed by atoms with E-state index < -0.39 is 24.8 Å². The van der Waals surface area contributed by atoms with Crippen molar-refractivity contribution >= 4 is 5.78 Å². The zero-order valence-corrected chi connectivity index (χ0v) is 9.06. The molecule has 1 aromatic heterocycles. The van der Waals surface area contributed by atoms with Gasteiger partial charge in [0.15, 0.2) is 5.78 Å². The first kappa shape index (κ1) is 12.7. The Morgan fingerprint density at radius 1 is 1.38 bits per heavy atom. The van der Waals surface area contributed by atoms with Gasteiger partial charge in [-0.25, -0.2) is 0 Å². The number of hydrogen-bond donors (Lipinski definition) is 0. The van der Waals surface area contributed by atoms with E-state index in [0.29, 0.717) is 5.56 Å². The highest BCUT2D eigenvalue weighted by Gasteiger charge is 2.28. The van der Waals surface area contributed by atoms with E-state index in [1.54, 1.807) is 13.0 Å². The molecular formula is C11H12F3NO. The van der Waals surface area contributed by atoms with Crippen molar-refractivity contribution < 1.29 is 18.0 Å². The smallest absolute Gasteiger partial charge is 0.292 e. The van der Waals surface area contributed by atoms with Crippen LogP contribution in [0.4, 0.5) is 13.2 Å². The van der Waals surface area contributed by atoms with Crippen LogP contribution in [0.5, 0.6) is 0 Å². The summed E-state index contributed by atoms with van der Waals surface area (Å²) in [5.74, 6) is -0.560. The molecule has 0 aliphatic carbocycles. The molecule has 1 aromatic rings.